The third-order valence-electron chi connectivity index (χ3n) is 1.52. The van der Waals surface area contributed by atoms with Gasteiger partial charge in [0.2, 0.25) is 0 Å². The first-order chi connectivity index (χ1) is 4.91. The van der Waals surface area contributed by atoms with Gasteiger partial charge in [-0.05, 0) is 12.8 Å². The molecule has 0 bridgehead atoms. The van der Waals surface area contributed by atoms with Gasteiger partial charge in [-0.15, -0.1) is 23.2 Å². The lowest BCUT2D eigenvalue weighted by molar-refractivity contribution is 0.627. The van der Waals surface area contributed by atoms with Crippen molar-refractivity contribution < 1.29 is 5.48 Å². The van der Waals surface area contributed by atoms with Crippen LogP contribution < -0.4 is 0 Å². The Bertz CT molecular complexity index is 52.1. The van der Waals surface area contributed by atoms with Gasteiger partial charge in [-0.2, -0.15) is 0 Å². The van der Waals surface area contributed by atoms with E-state index in [2.05, 4.69) is 0 Å². The maximum absolute atomic E-state index is 5.52. The Kier molecular flexibility index (Phi) is 16.8. The maximum Gasteiger partial charge on any atom is 0.0223 e. The highest BCUT2D eigenvalue weighted by Gasteiger charge is 1.88. The minimum absolute atomic E-state index is 0. The number of unbranched alkanes of at least 4 members (excludes halogenated alkanes) is 5. The van der Waals surface area contributed by atoms with Gasteiger partial charge in [0.15, 0.2) is 0 Å². The zero-order chi connectivity index (χ0) is 7.66. The summed E-state index contributed by atoms with van der Waals surface area (Å²) in [6, 6.07) is 0. The van der Waals surface area contributed by atoms with Crippen LogP contribution in [0, 0.1) is 0 Å². The Morgan fingerprint density at radius 1 is 0.545 bits per heavy atom. The molecule has 0 fully saturated rings. The molecule has 1 nitrogen and oxygen atoms in total. The second-order valence-electron chi connectivity index (χ2n) is 2.50. The van der Waals surface area contributed by atoms with Crippen LogP contribution in [0.3, 0.4) is 0 Å². The van der Waals surface area contributed by atoms with Crippen LogP contribution in [0.25, 0.3) is 0 Å². The number of halogens is 2. The molecule has 0 aliphatic carbocycles. The monoisotopic (exact) mass is 200 g/mol. The fourth-order valence-corrected chi connectivity index (χ4v) is 1.27. The Balaban J connectivity index is 0. The van der Waals surface area contributed by atoms with E-state index >= 15 is 0 Å². The lowest BCUT2D eigenvalue weighted by atomic mass is 10.1. The molecule has 0 unspecified atom stereocenters. The molecule has 0 saturated heterocycles. The summed E-state index contributed by atoms with van der Waals surface area (Å²) in [6.07, 6.45) is 7.55. The molecule has 0 atom stereocenters. The molecule has 11 heavy (non-hydrogen) atoms. The zero-order valence-electron chi connectivity index (χ0n) is 6.91. The number of rotatable bonds is 7. The van der Waals surface area contributed by atoms with Gasteiger partial charge in [-0.25, -0.2) is 0 Å². The summed E-state index contributed by atoms with van der Waals surface area (Å²) >= 11 is 11.0. The van der Waals surface area contributed by atoms with E-state index in [0.29, 0.717) is 0 Å². The van der Waals surface area contributed by atoms with Crippen molar-refractivity contribution in [2.24, 2.45) is 0 Å². The van der Waals surface area contributed by atoms with Gasteiger partial charge in [0, 0.05) is 11.8 Å². The van der Waals surface area contributed by atoms with Crippen LogP contribution in [-0.2, 0) is 0 Å². The van der Waals surface area contributed by atoms with E-state index in [0.717, 1.165) is 11.8 Å². The van der Waals surface area contributed by atoms with Crippen LogP contribution in [0.1, 0.15) is 38.5 Å². The summed E-state index contributed by atoms with van der Waals surface area (Å²) < 4.78 is 0. The smallest absolute Gasteiger partial charge is 0.0223 e. The van der Waals surface area contributed by atoms with Crippen molar-refractivity contribution in [2.45, 2.75) is 38.5 Å². The molecular formula is C8H18Cl2O. The van der Waals surface area contributed by atoms with Gasteiger partial charge in [0.05, 0.1) is 0 Å². The lowest BCUT2D eigenvalue weighted by Crippen LogP contribution is -1.80. The first kappa shape index (κ1) is 14.1. The van der Waals surface area contributed by atoms with E-state index < -0.39 is 0 Å². The molecule has 2 N–H and O–H groups in total. The molecule has 0 rings (SSSR count). The SMILES string of the molecule is ClCCCCCCCCCl.O. The van der Waals surface area contributed by atoms with Crippen LogP contribution in [-0.4, -0.2) is 17.2 Å². The second kappa shape index (κ2) is 13.2. The van der Waals surface area contributed by atoms with Crippen molar-refractivity contribution in [1.29, 1.82) is 0 Å². The molecule has 3 heteroatoms. The van der Waals surface area contributed by atoms with Gasteiger partial charge in [-0.3, -0.25) is 0 Å². The molecule has 0 aliphatic rings. The van der Waals surface area contributed by atoms with E-state index in [-0.39, 0.29) is 5.48 Å². The molecule has 0 aromatic heterocycles. The fraction of sp³-hybridized carbons (Fsp3) is 1.00. The maximum atomic E-state index is 5.52. The zero-order valence-corrected chi connectivity index (χ0v) is 8.42. The quantitative estimate of drug-likeness (QED) is 0.448. The van der Waals surface area contributed by atoms with Crippen molar-refractivity contribution in [3.63, 3.8) is 0 Å². The molecule has 0 aliphatic heterocycles. The molecule has 0 heterocycles. The Labute approximate surface area is 79.4 Å². The van der Waals surface area contributed by atoms with E-state index in [1.54, 1.807) is 0 Å². The van der Waals surface area contributed by atoms with Crippen LogP contribution >= 0.6 is 23.2 Å². The first-order valence-corrected chi connectivity index (χ1v) is 5.10. The topological polar surface area (TPSA) is 31.5 Å². The summed E-state index contributed by atoms with van der Waals surface area (Å²) in [5.74, 6) is 1.63. The van der Waals surface area contributed by atoms with Crippen molar-refractivity contribution in [3.05, 3.63) is 0 Å². The summed E-state index contributed by atoms with van der Waals surface area (Å²) in [6.45, 7) is 0. The van der Waals surface area contributed by atoms with Gasteiger partial charge < -0.3 is 5.48 Å². The highest BCUT2D eigenvalue weighted by molar-refractivity contribution is 6.18. The fourth-order valence-electron chi connectivity index (χ4n) is 0.896. The minimum atomic E-state index is 0. The highest BCUT2D eigenvalue weighted by Crippen LogP contribution is 2.06. The van der Waals surface area contributed by atoms with Crippen LogP contribution in [0.5, 0.6) is 0 Å². The molecular weight excluding hydrogens is 183 g/mol. The van der Waals surface area contributed by atoms with Crippen molar-refractivity contribution in [3.8, 4) is 0 Å². The normalized spacial score (nSPS) is 9.27. The standard InChI is InChI=1S/C8H16Cl2.H2O/c9-7-5-3-1-2-4-6-8-10;/h1-8H2;1H2. The van der Waals surface area contributed by atoms with Crippen LogP contribution in [0.2, 0.25) is 0 Å². The van der Waals surface area contributed by atoms with E-state index in [9.17, 15) is 0 Å². The summed E-state index contributed by atoms with van der Waals surface area (Å²) in [4.78, 5) is 0. The van der Waals surface area contributed by atoms with E-state index in [1.807, 2.05) is 0 Å². The first-order valence-electron chi connectivity index (χ1n) is 4.03. The minimum Gasteiger partial charge on any atom is -0.412 e. The molecule has 0 amide bonds. The van der Waals surface area contributed by atoms with Gasteiger partial charge in [0.25, 0.3) is 0 Å². The second-order valence-corrected chi connectivity index (χ2v) is 3.26. The Morgan fingerprint density at radius 2 is 0.818 bits per heavy atom. The molecule has 0 spiro atoms. The Hall–Kier alpha value is 0.540. The number of alkyl halides is 2. The average Bonchev–Trinajstić information content (AvgIpc) is 1.97. The van der Waals surface area contributed by atoms with Crippen LogP contribution in [0.15, 0.2) is 0 Å². The molecule has 0 radical (unpaired) electrons. The third kappa shape index (κ3) is 13.5. The lowest BCUT2D eigenvalue weighted by Gasteiger charge is -1.96. The van der Waals surface area contributed by atoms with E-state index in [4.69, 9.17) is 23.2 Å². The predicted molar refractivity (Wildman–Crippen MR) is 52.8 cm³/mol. The van der Waals surface area contributed by atoms with Gasteiger partial charge in [0.1, 0.15) is 0 Å². The summed E-state index contributed by atoms with van der Waals surface area (Å²) in [5, 5.41) is 0. The molecule has 70 valence electrons. The largest absolute Gasteiger partial charge is 0.412 e. The Morgan fingerprint density at radius 3 is 1.09 bits per heavy atom. The summed E-state index contributed by atoms with van der Waals surface area (Å²) in [7, 11) is 0. The number of hydrogen-bond acceptors (Lipinski definition) is 0. The van der Waals surface area contributed by atoms with Crippen molar-refractivity contribution in [2.75, 3.05) is 11.8 Å². The summed E-state index contributed by atoms with van der Waals surface area (Å²) in [5.41, 5.74) is 0. The van der Waals surface area contributed by atoms with E-state index in [1.165, 1.54) is 38.5 Å². The molecule has 0 saturated carbocycles. The predicted octanol–water partition coefficient (Wildman–Crippen LogP) is 2.98. The van der Waals surface area contributed by atoms with Gasteiger partial charge >= 0.3 is 0 Å². The average molecular weight is 201 g/mol. The number of hydrogen-bond donors (Lipinski definition) is 0. The van der Waals surface area contributed by atoms with Crippen molar-refractivity contribution in [1.82, 2.24) is 0 Å². The highest BCUT2D eigenvalue weighted by atomic mass is 35.5. The van der Waals surface area contributed by atoms with Crippen LogP contribution in [0.4, 0.5) is 0 Å². The van der Waals surface area contributed by atoms with Crippen molar-refractivity contribution >= 4 is 23.2 Å². The third-order valence-corrected chi connectivity index (χ3v) is 2.05. The van der Waals surface area contributed by atoms with Gasteiger partial charge in [-0.1, -0.05) is 25.7 Å². The molecule has 0 aromatic rings. The molecule has 0 aromatic carbocycles.